The van der Waals surface area contributed by atoms with Crippen LogP contribution in [0.4, 0.5) is 4.79 Å². The Morgan fingerprint density at radius 1 is 1.25 bits per heavy atom. The van der Waals surface area contributed by atoms with Gasteiger partial charge in [-0.15, -0.1) is 0 Å². The summed E-state index contributed by atoms with van der Waals surface area (Å²) in [5, 5.41) is 0. The fourth-order valence-corrected chi connectivity index (χ4v) is 1.81. The molecule has 0 unspecified atom stereocenters. The molecular formula is C14H19NO4S. The molecule has 5 nitrogen and oxygen atoms in total. The van der Waals surface area contributed by atoms with Crippen LogP contribution in [0.3, 0.4) is 0 Å². The van der Waals surface area contributed by atoms with Gasteiger partial charge in [-0.25, -0.2) is 9.69 Å². The topological polar surface area (TPSA) is 55.8 Å². The van der Waals surface area contributed by atoms with Gasteiger partial charge in [0.1, 0.15) is 0 Å². The highest BCUT2D eigenvalue weighted by molar-refractivity contribution is 7.99. The molecule has 0 heterocycles. The molecule has 0 spiro atoms. The van der Waals surface area contributed by atoms with Crippen molar-refractivity contribution < 1.29 is 19.1 Å². The predicted octanol–water partition coefficient (Wildman–Crippen LogP) is 2.79. The van der Waals surface area contributed by atoms with E-state index in [-0.39, 0.29) is 17.8 Å². The molecule has 2 amide bonds. The van der Waals surface area contributed by atoms with Crippen molar-refractivity contribution in [2.45, 2.75) is 20.0 Å². The Kier molecular flexibility index (Phi) is 6.38. The predicted molar refractivity (Wildman–Crippen MR) is 79.4 cm³/mol. The van der Waals surface area contributed by atoms with E-state index in [0.717, 1.165) is 4.90 Å². The zero-order chi connectivity index (χ0) is 15.1. The summed E-state index contributed by atoms with van der Waals surface area (Å²) in [7, 11) is 1.40. The lowest BCUT2D eigenvalue weighted by molar-refractivity contribution is -0.125. The van der Waals surface area contributed by atoms with Crippen molar-refractivity contribution in [3.05, 3.63) is 24.3 Å². The molecule has 0 aromatic heterocycles. The maximum atomic E-state index is 11.9. The van der Waals surface area contributed by atoms with Crippen LogP contribution < -0.4 is 9.47 Å². The maximum absolute atomic E-state index is 11.9. The third-order valence-electron chi connectivity index (χ3n) is 2.32. The molecule has 0 fully saturated rings. The van der Waals surface area contributed by atoms with Crippen molar-refractivity contribution in [1.82, 2.24) is 4.90 Å². The second kappa shape index (κ2) is 7.79. The first-order valence-corrected chi connectivity index (χ1v) is 7.58. The lowest BCUT2D eigenvalue weighted by atomic mass is 10.3. The smallest absolute Gasteiger partial charge is 0.421 e. The minimum Gasteiger partial charge on any atom is -0.487 e. The quantitative estimate of drug-likeness (QED) is 0.836. The molecule has 0 radical (unpaired) electrons. The van der Waals surface area contributed by atoms with Crippen LogP contribution >= 0.6 is 11.8 Å². The molecule has 0 saturated heterocycles. The normalized spacial score (nSPS) is 10.2. The van der Waals surface area contributed by atoms with E-state index in [1.165, 1.54) is 18.8 Å². The number of para-hydroxylation sites is 2. The first kappa shape index (κ1) is 16.4. The van der Waals surface area contributed by atoms with Gasteiger partial charge < -0.3 is 9.47 Å². The van der Waals surface area contributed by atoms with Gasteiger partial charge in [0.2, 0.25) is 5.91 Å². The second-order valence-electron chi connectivity index (χ2n) is 4.37. The molecule has 0 aliphatic rings. The number of benzene rings is 1. The standard InChI is InChI=1S/C14H19NO4S/c1-10(2)18-11-7-5-6-8-12(11)19-14(17)15(3)13(16)9-20-4/h5-8,10H,9H2,1-4H3. The highest BCUT2D eigenvalue weighted by atomic mass is 32.2. The van der Waals surface area contributed by atoms with Crippen LogP contribution in [0.1, 0.15) is 13.8 Å². The number of hydrogen-bond donors (Lipinski definition) is 0. The van der Waals surface area contributed by atoms with Crippen LogP contribution in [-0.2, 0) is 4.79 Å². The SMILES string of the molecule is CSCC(=O)N(C)C(=O)Oc1ccccc1OC(C)C. The van der Waals surface area contributed by atoms with Crippen LogP contribution in [0.15, 0.2) is 24.3 Å². The van der Waals surface area contributed by atoms with E-state index in [0.29, 0.717) is 11.5 Å². The van der Waals surface area contributed by atoms with E-state index < -0.39 is 6.09 Å². The maximum Gasteiger partial charge on any atom is 0.421 e. The highest BCUT2D eigenvalue weighted by Gasteiger charge is 2.20. The fourth-order valence-electron chi connectivity index (χ4n) is 1.37. The molecule has 110 valence electrons. The Bertz CT molecular complexity index is 476. The molecule has 0 N–H and O–H groups in total. The Hall–Kier alpha value is -1.69. The summed E-state index contributed by atoms with van der Waals surface area (Å²) in [4.78, 5) is 24.5. The minimum atomic E-state index is -0.719. The summed E-state index contributed by atoms with van der Waals surface area (Å²) in [6, 6.07) is 6.87. The van der Waals surface area contributed by atoms with Gasteiger partial charge >= 0.3 is 6.09 Å². The highest BCUT2D eigenvalue weighted by Crippen LogP contribution is 2.27. The molecule has 0 bridgehead atoms. The second-order valence-corrected chi connectivity index (χ2v) is 5.23. The number of rotatable bonds is 5. The molecule has 1 rings (SSSR count). The Morgan fingerprint density at radius 2 is 1.85 bits per heavy atom. The number of imide groups is 1. The van der Waals surface area contributed by atoms with Crippen molar-refractivity contribution in [3.8, 4) is 11.5 Å². The Balaban J connectivity index is 2.77. The van der Waals surface area contributed by atoms with E-state index >= 15 is 0 Å². The van der Waals surface area contributed by atoms with Gasteiger partial charge in [-0.1, -0.05) is 12.1 Å². The number of carbonyl (C=O) groups excluding carboxylic acids is 2. The van der Waals surface area contributed by atoms with Crippen LogP contribution in [0, 0.1) is 0 Å². The first-order valence-electron chi connectivity index (χ1n) is 6.18. The molecular weight excluding hydrogens is 278 g/mol. The molecule has 0 atom stereocenters. The van der Waals surface area contributed by atoms with Gasteiger partial charge in [-0.3, -0.25) is 4.79 Å². The molecule has 1 aromatic rings. The van der Waals surface area contributed by atoms with Gasteiger partial charge in [0.05, 0.1) is 11.9 Å². The number of hydrogen-bond acceptors (Lipinski definition) is 5. The molecule has 20 heavy (non-hydrogen) atoms. The van der Waals surface area contributed by atoms with E-state index in [4.69, 9.17) is 9.47 Å². The Labute approximate surface area is 123 Å². The van der Waals surface area contributed by atoms with E-state index in [1.54, 1.807) is 30.5 Å². The van der Waals surface area contributed by atoms with Crippen LogP contribution in [0.5, 0.6) is 11.5 Å². The minimum absolute atomic E-state index is 0.0364. The summed E-state index contributed by atoms with van der Waals surface area (Å²) in [5.41, 5.74) is 0. The van der Waals surface area contributed by atoms with Crippen molar-refractivity contribution in [2.75, 3.05) is 19.1 Å². The zero-order valence-corrected chi connectivity index (χ0v) is 12.9. The third-order valence-corrected chi connectivity index (χ3v) is 2.86. The Morgan fingerprint density at radius 3 is 2.40 bits per heavy atom. The van der Waals surface area contributed by atoms with Crippen LogP contribution in [-0.4, -0.2) is 42.1 Å². The summed E-state index contributed by atoms with van der Waals surface area (Å²) in [5.74, 6) is 0.705. The van der Waals surface area contributed by atoms with E-state index in [1.807, 2.05) is 13.8 Å². The molecule has 1 aromatic carbocycles. The van der Waals surface area contributed by atoms with Crippen molar-refractivity contribution in [2.24, 2.45) is 0 Å². The van der Waals surface area contributed by atoms with Gasteiger partial charge in [-0.05, 0) is 32.2 Å². The summed E-state index contributed by atoms with van der Waals surface area (Å²) in [6.45, 7) is 3.76. The van der Waals surface area contributed by atoms with E-state index in [9.17, 15) is 9.59 Å². The van der Waals surface area contributed by atoms with Crippen LogP contribution in [0.2, 0.25) is 0 Å². The lowest BCUT2D eigenvalue weighted by Crippen LogP contribution is -2.36. The summed E-state index contributed by atoms with van der Waals surface area (Å²) in [6.07, 6.45) is 1.04. The van der Waals surface area contributed by atoms with Gasteiger partial charge in [0.15, 0.2) is 11.5 Å². The van der Waals surface area contributed by atoms with Crippen molar-refractivity contribution in [1.29, 1.82) is 0 Å². The van der Waals surface area contributed by atoms with Crippen molar-refractivity contribution in [3.63, 3.8) is 0 Å². The van der Waals surface area contributed by atoms with Gasteiger partial charge in [0.25, 0.3) is 0 Å². The van der Waals surface area contributed by atoms with Crippen LogP contribution in [0.25, 0.3) is 0 Å². The van der Waals surface area contributed by atoms with Gasteiger partial charge in [0, 0.05) is 7.05 Å². The number of amides is 2. The lowest BCUT2D eigenvalue weighted by Gasteiger charge is -2.17. The molecule has 0 aliphatic carbocycles. The first-order chi connectivity index (χ1) is 9.45. The van der Waals surface area contributed by atoms with Gasteiger partial charge in [-0.2, -0.15) is 11.8 Å². The fraction of sp³-hybridized carbons (Fsp3) is 0.429. The molecule has 6 heteroatoms. The van der Waals surface area contributed by atoms with E-state index in [2.05, 4.69) is 0 Å². The monoisotopic (exact) mass is 297 g/mol. The summed E-state index contributed by atoms with van der Waals surface area (Å²) < 4.78 is 10.8. The van der Waals surface area contributed by atoms with Crippen molar-refractivity contribution >= 4 is 23.8 Å². The largest absolute Gasteiger partial charge is 0.487 e. The average molecular weight is 297 g/mol. The molecule has 0 saturated carbocycles. The number of nitrogens with zero attached hydrogens (tertiary/aromatic N) is 1. The number of ether oxygens (including phenoxy) is 2. The number of thioether (sulfide) groups is 1. The average Bonchev–Trinajstić information content (AvgIpc) is 2.39. The zero-order valence-electron chi connectivity index (χ0n) is 12.1. The molecule has 0 aliphatic heterocycles. The number of carbonyl (C=O) groups is 2. The third kappa shape index (κ3) is 4.77. The summed E-state index contributed by atoms with van der Waals surface area (Å²) >= 11 is 1.35.